The first-order valence-corrected chi connectivity index (χ1v) is 6.60. The quantitative estimate of drug-likeness (QED) is 0.893. The minimum atomic E-state index is -0.340. The third-order valence-electron chi connectivity index (χ3n) is 3.82. The Morgan fingerprint density at radius 1 is 1.21 bits per heavy atom. The molecule has 1 fully saturated rings. The number of nitrogens with zero attached hydrogens (tertiary/aromatic N) is 1. The van der Waals surface area contributed by atoms with Crippen molar-refractivity contribution in [1.29, 1.82) is 0 Å². The van der Waals surface area contributed by atoms with Crippen LogP contribution in [0.2, 0.25) is 0 Å². The highest BCUT2D eigenvalue weighted by Gasteiger charge is 2.31. The van der Waals surface area contributed by atoms with Crippen molar-refractivity contribution < 1.29 is 9.90 Å². The van der Waals surface area contributed by atoms with Gasteiger partial charge in [-0.3, -0.25) is 4.79 Å². The van der Waals surface area contributed by atoms with Gasteiger partial charge in [0.15, 0.2) is 0 Å². The van der Waals surface area contributed by atoms with E-state index in [1.807, 2.05) is 25.1 Å². The molecule has 19 heavy (non-hydrogen) atoms. The number of hydrogen-bond acceptors (Lipinski definition) is 2. The van der Waals surface area contributed by atoms with Gasteiger partial charge in [0.05, 0.1) is 12.0 Å². The third-order valence-corrected chi connectivity index (χ3v) is 3.82. The molecule has 2 aromatic rings. The van der Waals surface area contributed by atoms with Crippen LogP contribution in [0.15, 0.2) is 42.5 Å². The van der Waals surface area contributed by atoms with Crippen molar-refractivity contribution in [3.05, 3.63) is 48.0 Å². The van der Waals surface area contributed by atoms with E-state index in [1.165, 1.54) is 5.39 Å². The first kappa shape index (κ1) is 12.2. The summed E-state index contributed by atoms with van der Waals surface area (Å²) in [5, 5.41) is 11.6. The predicted molar refractivity (Wildman–Crippen MR) is 74.9 cm³/mol. The summed E-state index contributed by atoms with van der Waals surface area (Å²) >= 11 is 0. The zero-order chi connectivity index (χ0) is 13.4. The summed E-state index contributed by atoms with van der Waals surface area (Å²) in [6, 6.07) is 14.3. The van der Waals surface area contributed by atoms with Crippen LogP contribution >= 0.6 is 0 Å². The van der Waals surface area contributed by atoms with Gasteiger partial charge < -0.3 is 10.0 Å². The molecular formula is C16H17NO2. The summed E-state index contributed by atoms with van der Waals surface area (Å²) in [6.45, 7) is 2.87. The minimum Gasteiger partial charge on any atom is -0.389 e. The van der Waals surface area contributed by atoms with E-state index in [-0.39, 0.29) is 17.9 Å². The molecule has 0 aromatic heterocycles. The molecule has 2 aromatic carbocycles. The molecule has 1 aliphatic heterocycles. The molecule has 3 heteroatoms. The van der Waals surface area contributed by atoms with E-state index < -0.39 is 0 Å². The van der Waals surface area contributed by atoms with E-state index in [1.54, 1.807) is 4.90 Å². The SMILES string of the molecule is CC(C(=O)N1CC(O)C1)c1ccc2ccccc2c1. The lowest BCUT2D eigenvalue weighted by molar-refractivity contribution is -0.142. The van der Waals surface area contributed by atoms with Crippen LogP contribution in [0.25, 0.3) is 10.8 Å². The van der Waals surface area contributed by atoms with Gasteiger partial charge >= 0.3 is 0 Å². The number of hydrogen-bond donors (Lipinski definition) is 1. The summed E-state index contributed by atoms with van der Waals surface area (Å²) in [6.07, 6.45) is -0.340. The zero-order valence-electron chi connectivity index (χ0n) is 10.9. The molecule has 3 rings (SSSR count). The first-order valence-electron chi connectivity index (χ1n) is 6.60. The van der Waals surface area contributed by atoms with Gasteiger partial charge in [-0.05, 0) is 23.3 Å². The van der Waals surface area contributed by atoms with Gasteiger partial charge in [0.2, 0.25) is 5.91 Å². The van der Waals surface area contributed by atoms with E-state index in [4.69, 9.17) is 0 Å². The number of rotatable bonds is 2. The van der Waals surface area contributed by atoms with Crippen molar-refractivity contribution in [1.82, 2.24) is 4.90 Å². The van der Waals surface area contributed by atoms with Crippen LogP contribution in [0.5, 0.6) is 0 Å². The monoisotopic (exact) mass is 255 g/mol. The fraction of sp³-hybridized carbons (Fsp3) is 0.312. The fourth-order valence-electron chi connectivity index (χ4n) is 2.53. The number of β-amino-alcohol motifs (C(OH)–C–C–N with tert-alkyl or cyclic N) is 1. The van der Waals surface area contributed by atoms with Gasteiger partial charge in [-0.2, -0.15) is 0 Å². The minimum absolute atomic E-state index is 0.0978. The molecule has 1 saturated heterocycles. The van der Waals surface area contributed by atoms with Crippen molar-refractivity contribution in [2.24, 2.45) is 0 Å². The van der Waals surface area contributed by atoms with Gasteiger partial charge in [-0.25, -0.2) is 0 Å². The Kier molecular flexibility index (Phi) is 2.99. The Balaban J connectivity index is 1.85. The van der Waals surface area contributed by atoms with Crippen LogP contribution in [0, 0.1) is 0 Å². The standard InChI is InChI=1S/C16H17NO2/c1-11(16(19)17-9-15(18)10-17)13-7-6-12-4-2-3-5-14(12)8-13/h2-8,11,15,18H,9-10H2,1H3. The summed E-state index contributed by atoms with van der Waals surface area (Å²) in [7, 11) is 0. The molecule has 0 saturated carbocycles. The van der Waals surface area contributed by atoms with E-state index in [2.05, 4.69) is 24.3 Å². The highest BCUT2D eigenvalue weighted by atomic mass is 16.3. The molecule has 0 spiro atoms. The average Bonchev–Trinajstić information content (AvgIpc) is 2.42. The lowest BCUT2D eigenvalue weighted by Crippen LogP contribution is -2.54. The molecule has 0 radical (unpaired) electrons. The Bertz CT molecular complexity index is 617. The molecule has 0 aliphatic carbocycles. The van der Waals surface area contributed by atoms with Crippen molar-refractivity contribution in [2.45, 2.75) is 18.9 Å². The molecule has 1 amide bonds. The average molecular weight is 255 g/mol. The maximum absolute atomic E-state index is 12.2. The van der Waals surface area contributed by atoms with Crippen LogP contribution in [0.4, 0.5) is 0 Å². The highest BCUT2D eigenvalue weighted by molar-refractivity contribution is 5.88. The van der Waals surface area contributed by atoms with E-state index in [9.17, 15) is 9.90 Å². The predicted octanol–water partition coefficient (Wildman–Crippen LogP) is 2.15. The number of carbonyl (C=O) groups is 1. The van der Waals surface area contributed by atoms with Gasteiger partial charge in [0, 0.05) is 13.1 Å². The fourth-order valence-corrected chi connectivity index (χ4v) is 2.53. The Morgan fingerprint density at radius 2 is 1.89 bits per heavy atom. The summed E-state index contributed by atoms with van der Waals surface area (Å²) in [5.74, 6) is -0.0577. The number of aliphatic hydroxyl groups excluding tert-OH is 1. The van der Waals surface area contributed by atoms with Crippen LogP contribution < -0.4 is 0 Å². The second-order valence-corrected chi connectivity index (χ2v) is 5.23. The number of carbonyl (C=O) groups excluding carboxylic acids is 1. The maximum atomic E-state index is 12.2. The molecule has 1 aliphatic rings. The van der Waals surface area contributed by atoms with Crippen LogP contribution in [0.1, 0.15) is 18.4 Å². The van der Waals surface area contributed by atoms with E-state index in [0.29, 0.717) is 13.1 Å². The molecule has 1 N–H and O–H groups in total. The second-order valence-electron chi connectivity index (χ2n) is 5.23. The first-order chi connectivity index (χ1) is 9.15. The molecule has 1 heterocycles. The zero-order valence-corrected chi connectivity index (χ0v) is 10.9. The lowest BCUT2D eigenvalue weighted by Gasteiger charge is -2.37. The Labute approximate surface area is 112 Å². The summed E-state index contributed by atoms with van der Waals surface area (Å²) in [5.41, 5.74) is 1.03. The number of benzene rings is 2. The number of amides is 1. The highest BCUT2D eigenvalue weighted by Crippen LogP contribution is 2.24. The number of aliphatic hydroxyl groups is 1. The summed E-state index contributed by atoms with van der Waals surface area (Å²) < 4.78 is 0. The Morgan fingerprint density at radius 3 is 2.58 bits per heavy atom. The third kappa shape index (κ3) is 2.22. The number of likely N-dealkylation sites (tertiary alicyclic amines) is 1. The van der Waals surface area contributed by atoms with E-state index in [0.717, 1.165) is 10.9 Å². The molecule has 1 unspecified atom stereocenters. The van der Waals surface area contributed by atoms with Gasteiger partial charge in [0.25, 0.3) is 0 Å². The molecule has 98 valence electrons. The second kappa shape index (κ2) is 4.67. The largest absolute Gasteiger partial charge is 0.389 e. The normalized spacial score (nSPS) is 17.3. The summed E-state index contributed by atoms with van der Waals surface area (Å²) in [4.78, 5) is 13.9. The van der Waals surface area contributed by atoms with Crippen LogP contribution in [0.3, 0.4) is 0 Å². The van der Waals surface area contributed by atoms with Gasteiger partial charge in [-0.1, -0.05) is 42.5 Å². The van der Waals surface area contributed by atoms with E-state index >= 15 is 0 Å². The Hall–Kier alpha value is -1.87. The van der Waals surface area contributed by atoms with Crippen LogP contribution in [-0.2, 0) is 4.79 Å². The molecule has 1 atom stereocenters. The van der Waals surface area contributed by atoms with Crippen molar-refractivity contribution in [2.75, 3.05) is 13.1 Å². The van der Waals surface area contributed by atoms with Crippen molar-refractivity contribution >= 4 is 16.7 Å². The molecule has 3 nitrogen and oxygen atoms in total. The number of fused-ring (bicyclic) bond motifs is 1. The van der Waals surface area contributed by atoms with Crippen molar-refractivity contribution in [3.63, 3.8) is 0 Å². The van der Waals surface area contributed by atoms with Gasteiger partial charge in [-0.15, -0.1) is 0 Å². The van der Waals surface area contributed by atoms with Crippen LogP contribution in [-0.4, -0.2) is 35.1 Å². The smallest absolute Gasteiger partial charge is 0.230 e. The maximum Gasteiger partial charge on any atom is 0.230 e. The molecule has 0 bridgehead atoms. The van der Waals surface area contributed by atoms with Crippen molar-refractivity contribution in [3.8, 4) is 0 Å². The topological polar surface area (TPSA) is 40.5 Å². The lowest BCUT2D eigenvalue weighted by atomic mass is 9.95. The van der Waals surface area contributed by atoms with Gasteiger partial charge in [0.1, 0.15) is 0 Å². The molecular weight excluding hydrogens is 238 g/mol.